The predicted octanol–water partition coefficient (Wildman–Crippen LogP) is 6.29. The Morgan fingerprint density at radius 2 is 1.76 bits per heavy atom. The van der Waals surface area contributed by atoms with Gasteiger partial charge in [0.2, 0.25) is 5.72 Å². The fraction of sp³-hybridized carbons (Fsp3) is 0.321. The van der Waals surface area contributed by atoms with Crippen molar-refractivity contribution in [2.45, 2.75) is 44.5 Å². The van der Waals surface area contributed by atoms with Gasteiger partial charge in [-0.15, -0.1) is 0 Å². The Bertz CT molecular complexity index is 1180. The van der Waals surface area contributed by atoms with Gasteiger partial charge in [-0.1, -0.05) is 76.1 Å². The maximum atomic E-state index is 6.80. The molecule has 1 unspecified atom stereocenters. The largest absolute Gasteiger partial charge is 0.466 e. The summed E-state index contributed by atoms with van der Waals surface area (Å²) < 4.78 is 7.89. The number of fused-ring (bicyclic) bond motifs is 4. The smallest absolute Gasteiger partial charge is 0.200 e. The Balaban J connectivity index is 1.31. The molecule has 1 atom stereocenters. The highest BCUT2D eigenvalue weighted by atomic mass is 79.9. The van der Waals surface area contributed by atoms with Gasteiger partial charge in [-0.25, -0.2) is 5.01 Å². The van der Waals surface area contributed by atoms with E-state index in [1.165, 1.54) is 22.3 Å². The lowest BCUT2D eigenvalue weighted by Gasteiger charge is -2.51. The number of hydrogen-bond acceptors (Lipinski definition) is 4. The Morgan fingerprint density at radius 1 is 1.00 bits per heavy atom. The second kappa shape index (κ2) is 8.30. The number of rotatable bonds is 3. The predicted molar refractivity (Wildman–Crippen MR) is 135 cm³/mol. The quantitative estimate of drug-likeness (QED) is 0.421. The molecule has 5 heteroatoms. The molecule has 3 aromatic carbocycles. The number of hydrazone groups is 1. The first-order valence-corrected chi connectivity index (χ1v) is 12.6. The number of halogens is 1. The van der Waals surface area contributed by atoms with Gasteiger partial charge in [0.1, 0.15) is 5.75 Å². The van der Waals surface area contributed by atoms with E-state index in [9.17, 15) is 0 Å². The maximum absolute atomic E-state index is 6.80. The summed E-state index contributed by atoms with van der Waals surface area (Å²) in [6, 6.07) is 26.1. The van der Waals surface area contributed by atoms with E-state index in [2.05, 4.69) is 106 Å². The van der Waals surface area contributed by atoms with Crippen molar-refractivity contribution in [1.29, 1.82) is 0 Å². The molecule has 33 heavy (non-hydrogen) atoms. The van der Waals surface area contributed by atoms with Crippen LogP contribution >= 0.6 is 15.9 Å². The van der Waals surface area contributed by atoms with E-state index in [0.717, 1.165) is 54.8 Å². The highest BCUT2D eigenvalue weighted by Crippen LogP contribution is 2.50. The van der Waals surface area contributed by atoms with Crippen LogP contribution in [0.4, 0.5) is 0 Å². The molecule has 3 aliphatic rings. The number of benzene rings is 3. The van der Waals surface area contributed by atoms with Crippen LogP contribution in [-0.4, -0.2) is 34.4 Å². The van der Waals surface area contributed by atoms with Crippen molar-refractivity contribution < 1.29 is 4.74 Å². The summed E-state index contributed by atoms with van der Waals surface area (Å²) in [5, 5.41) is 7.52. The van der Waals surface area contributed by atoms with Crippen molar-refractivity contribution in [3.05, 3.63) is 99.5 Å². The van der Waals surface area contributed by atoms with Crippen molar-refractivity contribution in [2.24, 2.45) is 5.10 Å². The van der Waals surface area contributed by atoms with Crippen molar-refractivity contribution in [2.75, 3.05) is 13.1 Å². The highest BCUT2D eigenvalue weighted by Gasteiger charge is 2.51. The van der Waals surface area contributed by atoms with Gasteiger partial charge in [-0.3, -0.25) is 4.90 Å². The van der Waals surface area contributed by atoms with E-state index in [4.69, 9.17) is 9.84 Å². The molecule has 1 fully saturated rings. The molecule has 3 aromatic rings. The zero-order chi connectivity index (χ0) is 22.4. The molecule has 1 saturated heterocycles. The van der Waals surface area contributed by atoms with Gasteiger partial charge in [-0.2, -0.15) is 5.10 Å². The molecule has 3 heterocycles. The first-order chi connectivity index (χ1) is 16.1. The van der Waals surface area contributed by atoms with E-state index in [1.807, 2.05) is 0 Å². The fourth-order valence-electron chi connectivity index (χ4n) is 5.41. The number of likely N-dealkylation sites (tertiary alicyclic amines) is 1. The van der Waals surface area contributed by atoms with Gasteiger partial charge < -0.3 is 4.74 Å². The summed E-state index contributed by atoms with van der Waals surface area (Å²) in [6.45, 7) is 5.11. The van der Waals surface area contributed by atoms with Crippen LogP contribution in [0.15, 0.2) is 82.4 Å². The van der Waals surface area contributed by atoms with Crippen LogP contribution in [0.25, 0.3) is 0 Å². The normalized spacial score (nSPS) is 21.3. The van der Waals surface area contributed by atoms with Crippen LogP contribution in [-0.2, 0) is 6.54 Å². The van der Waals surface area contributed by atoms with Crippen LogP contribution in [0.2, 0.25) is 0 Å². The third-order valence-electron chi connectivity index (χ3n) is 7.23. The van der Waals surface area contributed by atoms with Gasteiger partial charge >= 0.3 is 0 Å². The summed E-state index contributed by atoms with van der Waals surface area (Å²) in [6.07, 6.45) is 2.79. The number of ether oxygens (including phenoxy) is 1. The minimum absolute atomic E-state index is 0.211. The summed E-state index contributed by atoms with van der Waals surface area (Å²) in [5.41, 5.74) is 5.85. The van der Waals surface area contributed by atoms with Gasteiger partial charge in [0.25, 0.3) is 0 Å². The lowest BCUT2D eigenvalue weighted by Crippen LogP contribution is -2.59. The molecular formula is C28H28BrN3O. The third-order valence-corrected chi connectivity index (χ3v) is 7.72. The van der Waals surface area contributed by atoms with Crippen LogP contribution in [0.5, 0.6) is 5.75 Å². The SMILES string of the molecule is Cc1ccc(C2=NN3C(C2)c2cc(Br)ccc2OC32CCN(Cc3ccccc3)CC2)cc1. The third kappa shape index (κ3) is 3.87. The van der Waals surface area contributed by atoms with Crippen LogP contribution < -0.4 is 4.74 Å². The fourth-order valence-corrected chi connectivity index (χ4v) is 5.78. The van der Waals surface area contributed by atoms with E-state index in [1.54, 1.807) is 0 Å². The second-order valence-corrected chi connectivity index (χ2v) is 10.4. The van der Waals surface area contributed by atoms with Crippen LogP contribution in [0.3, 0.4) is 0 Å². The summed E-state index contributed by atoms with van der Waals surface area (Å²) >= 11 is 3.66. The van der Waals surface area contributed by atoms with Crippen molar-refractivity contribution in [3.8, 4) is 5.75 Å². The molecule has 0 saturated carbocycles. The van der Waals surface area contributed by atoms with Gasteiger partial charge in [0.05, 0.1) is 11.8 Å². The molecule has 0 bridgehead atoms. The van der Waals surface area contributed by atoms with E-state index in [0.29, 0.717) is 0 Å². The highest BCUT2D eigenvalue weighted by molar-refractivity contribution is 9.10. The molecule has 0 radical (unpaired) electrons. The van der Waals surface area contributed by atoms with Gasteiger partial charge in [0, 0.05) is 48.9 Å². The number of hydrogen-bond donors (Lipinski definition) is 0. The average molecular weight is 502 g/mol. The standard InChI is InChI=1S/C28H28BrN3O/c1-20-7-9-22(10-8-20)25-18-26-24-17-23(29)11-12-27(24)33-28(32(26)30-25)13-15-31(16-14-28)19-21-5-3-2-4-6-21/h2-12,17,26H,13-16,18-19H2,1H3. The topological polar surface area (TPSA) is 28.1 Å². The van der Waals surface area contributed by atoms with Crippen molar-refractivity contribution in [3.63, 3.8) is 0 Å². The number of nitrogens with zero attached hydrogens (tertiary/aromatic N) is 3. The molecule has 0 aromatic heterocycles. The molecule has 6 rings (SSSR count). The Labute approximate surface area is 204 Å². The minimum atomic E-state index is -0.384. The van der Waals surface area contributed by atoms with Gasteiger partial charge in [-0.05, 0) is 36.2 Å². The van der Waals surface area contributed by atoms with Crippen LogP contribution in [0.1, 0.15) is 47.6 Å². The Morgan fingerprint density at radius 3 is 2.52 bits per heavy atom. The molecule has 1 spiro atoms. The molecule has 168 valence electrons. The van der Waals surface area contributed by atoms with Crippen molar-refractivity contribution >= 4 is 21.6 Å². The molecule has 0 N–H and O–H groups in total. The van der Waals surface area contributed by atoms with E-state index in [-0.39, 0.29) is 11.8 Å². The lowest BCUT2D eigenvalue weighted by atomic mass is 9.90. The summed E-state index contributed by atoms with van der Waals surface area (Å²) in [7, 11) is 0. The van der Waals surface area contributed by atoms with Crippen LogP contribution in [0, 0.1) is 6.92 Å². The molecule has 0 aliphatic carbocycles. The molecule has 0 amide bonds. The van der Waals surface area contributed by atoms with E-state index < -0.39 is 0 Å². The number of piperidine rings is 1. The minimum Gasteiger partial charge on any atom is -0.466 e. The molecule has 4 nitrogen and oxygen atoms in total. The first-order valence-electron chi connectivity index (χ1n) is 11.8. The van der Waals surface area contributed by atoms with E-state index >= 15 is 0 Å². The first kappa shape index (κ1) is 20.9. The zero-order valence-electron chi connectivity index (χ0n) is 18.9. The zero-order valence-corrected chi connectivity index (χ0v) is 20.5. The second-order valence-electron chi connectivity index (χ2n) is 9.47. The maximum Gasteiger partial charge on any atom is 0.200 e. The van der Waals surface area contributed by atoms with Crippen molar-refractivity contribution in [1.82, 2.24) is 9.91 Å². The Hall–Kier alpha value is -2.63. The summed E-state index contributed by atoms with van der Waals surface area (Å²) in [5.74, 6) is 1.01. The average Bonchev–Trinajstić information content (AvgIpc) is 3.29. The molecular weight excluding hydrogens is 474 g/mol. The number of aryl methyl sites for hydroxylation is 1. The Kier molecular flexibility index (Phi) is 5.27. The monoisotopic (exact) mass is 501 g/mol. The van der Waals surface area contributed by atoms with Gasteiger partial charge in [0.15, 0.2) is 0 Å². The lowest BCUT2D eigenvalue weighted by molar-refractivity contribution is -0.150. The molecule has 3 aliphatic heterocycles. The summed E-state index contributed by atoms with van der Waals surface area (Å²) in [4.78, 5) is 2.54.